The summed E-state index contributed by atoms with van der Waals surface area (Å²) in [5, 5.41) is 8.31. The van der Waals surface area contributed by atoms with E-state index in [0.717, 1.165) is 12.8 Å². The fourth-order valence-corrected chi connectivity index (χ4v) is 0.879. The van der Waals surface area contributed by atoms with Gasteiger partial charge in [-0.25, -0.2) is 0 Å². The molecule has 1 atom stereocenters. The van der Waals surface area contributed by atoms with Crippen molar-refractivity contribution < 1.29 is 5.11 Å². The van der Waals surface area contributed by atoms with Crippen LogP contribution in [0.5, 0.6) is 0 Å². The molecule has 1 aliphatic rings. The van der Waals surface area contributed by atoms with Gasteiger partial charge in [0.1, 0.15) is 0 Å². The van der Waals surface area contributed by atoms with E-state index in [2.05, 4.69) is 4.90 Å². The van der Waals surface area contributed by atoms with Crippen LogP contribution in [-0.4, -0.2) is 29.6 Å². The normalized spacial score (nSPS) is 30.9. The Hall–Kier alpha value is -0.500. The smallest absolute Gasteiger partial charge is 0.0767 e. The van der Waals surface area contributed by atoms with Crippen molar-refractivity contribution in [2.75, 3.05) is 13.6 Å². The van der Waals surface area contributed by atoms with E-state index in [9.17, 15) is 0 Å². The number of likely N-dealkylation sites (tertiary alicyclic amines) is 1. The standard InChI is InChI=1S/C6H11NO/c1-7-4-2-6(7)3-5-8/h3,5-6,8H,2,4H2,1H3/t6-/m1/s1. The Bertz CT molecular complexity index is 101. The predicted molar refractivity (Wildman–Crippen MR) is 32.8 cm³/mol. The molecule has 0 aromatic rings. The highest BCUT2D eigenvalue weighted by Gasteiger charge is 2.20. The second kappa shape index (κ2) is 2.18. The number of hydrogen-bond acceptors (Lipinski definition) is 2. The molecule has 0 unspecified atom stereocenters. The lowest BCUT2D eigenvalue weighted by Gasteiger charge is -2.35. The first-order chi connectivity index (χ1) is 3.84. The predicted octanol–water partition coefficient (Wildman–Crippen LogP) is 0.762. The van der Waals surface area contributed by atoms with Crippen LogP contribution in [0.25, 0.3) is 0 Å². The summed E-state index contributed by atoms with van der Waals surface area (Å²) in [5.41, 5.74) is 0. The summed E-state index contributed by atoms with van der Waals surface area (Å²) >= 11 is 0. The number of nitrogens with zero attached hydrogens (tertiary/aromatic N) is 1. The van der Waals surface area contributed by atoms with E-state index in [-0.39, 0.29) is 0 Å². The summed E-state index contributed by atoms with van der Waals surface area (Å²) in [7, 11) is 2.05. The van der Waals surface area contributed by atoms with Gasteiger partial charge in [-0.05, 0) is 19.5 Å². The Kier molecular flexibility index (Phi) is 1.53. The Morgan fingerprint density at radius 2 is 2.50 bits per heavy atom. The lowest BCUT2D eigenvalue weighted by Crippen LogP contribution is -2.42. The van der Waals surface area contributed by atoms with E-state index < -0.39 is 0 Å². The minimum absolute atomic E-state index is 0.500. The first-order valence-electron chi connectivity index (χ1n) is 2.85. The third kappa shape index (κ3) is 0.842. The molecule has 0 aliphatic carbocycles. The van der Waals surface area contributed by atoms with Crippen LogP contribution in [0.3, 0.4) is 0 Å². The molecule has 0 spiro atoms. The van der Waals surface area contributed by atoms with Gasteiger partial charge in [-0.3, -0.25) is 4.90 Å². The van der Waals surface area contributed by atoms with Gasteiger partial charge in [-0.2, -0.15) is 0 Å². The summed E-state index contributed by atoms with van der Waals surface area (Å²) < 4.78 is 0. The highest BCUT2D eigenvalue weighted by molar-refractivity contribution is 4.95. The zero-order valence-electron chi connectivity index (χ0n) is 5.04. The maximum Gasteiger partial charge on any atom is 0.0767 e. The van der Waals surface area contributed by atoms with Gasteiger partial charge in [0, 0.05) is 12.6 Å². The fraction of sp³-hybridized carbons (Fsp3) is 0.667. The number of aliphatic hydroxyl groups is 1. The van der Waals surface area contributed by atoms with Gasteiger partial charge < -0.3 is 5.11 Å². The molecule has 46 valence electrons. The molecular formula is C6H11NO. The highest BCUT2D eigenvalue weighted by atomic mass is 16.2. The second-order valence-electron chi connectivity index (χ2n) is 2.18. The van der Waals surface area contributed by atoms with Crippen molar-refractivity contribution in [2.24, 2.45) is 0 Å². The molecule has 8 heavy (non-hydrogen) atoms. The zero-order chi connectivity index (χ0) is 5.98. The molecule has 0 aromatic heterocycles. The maximum atomic E-state index is 8.31. The van der Waals surface area contributed by atoms with Gasteiger partial charge in [0.25, 0.3) is 0 Å². The molecule has 1 aliphatic heterocycles. The second-order valence-corrected chi connectivity index (χ2v) is 2.18. The van der Waals surface area contributed by atoms with Crippen LogP contribution in [0.1, 0.15) is 6.42 Å². The van der Waals surface area contributed by atoms with Crippen molar-refractivity contribution in [3.63, 3.8) is 0 Å². The molecule has 0 bridgehead atoms. The number of rotatable bonds is 1. The molecule has 2 nitrogen and oxygen atoms in total. The van der Waals surface area contributed by atoms with E-state index in [1.54, 1.807) is 0 Å². The Labute approximate surface area is 49.4 Å². The molecule has 0 radical (unpaired) electrons. The minimum atomic E-state index is 0.500. The highest BCUT2D eigenvalue weighted by Crippen LogP contribution is 2.14. The van der Waals surface area contributed by atoms with Crippen molar-refractivity contribution >= 4 is 0 Å². The van der Waals surface area contributed by atoms with Crippen LogP contribution < -0.4 is 0 Å². The fourth-order valence-electron chi connectivity index (χ4n) is 0.879. The van der Waals surface area contributed by atoms with Crippen LogP contribution in [-0.2, 0) is 0 Å². The third-order valence-electron chi connectivity index (χ3n) is 1.65. The van der Waals surface area contributed by atoms with Crippen molar-refractivity contribution in [1.82, 2.24) is 4.90 Å². The van der Waals surface area contributed by atoms with Crippen molar-refractivity contribution in [3.05, 3.63) is 12.3 Å². The van der Waals surface area contributed by atoms with Crippen LogP contribution in [0.2, 0.25) is 0 Å². The Morgan fingerprint density at radius 1 is 1.75 bits per heavy atom. The number of hydrogen-bond donors (Lipinski definition) is 1. The summed E-state index contributed by atoms with van der Waals surface area (Å²) in [6.07, 6.45) is 4.12. The van der Waals surface area contributed by atoms with Gasteiger partial charge in [-0.15, -0.1) is 0 Å². The summed E-state index contributed by atoms with van der Waals surface area (Å²) in [6.45, 7) is 1.16. The number of aliphatic hydroxyl groups excluding tert-OH is 1. The maximum absolute atomic E-state index is 8.31. The van der Waals surface area contributed by atoms with Crippen LogP contribution in [0.15, 0.2) is 12.3 Å². The first kappa shape index (κ1) is 5.63. The summed E-state index contributed by atoms with van der Waals surface area (Å²) in [4.78, 5) is 2.19. The molecule has 0 amide bonds. The van der Waals surface area contributed by atoms with Gasteiger partial charge in [0.2, 0.25) is 0 Å². The van der Waals surface area contributed by atoms with E-state index in [1.165, 1.54) is 6.42 Å². The molecule has 1 fully saturated rings. The lowest BCUT2D eigenvalue weighted by atomic mass is 10.1. The summed E-state index contributed by atoms with van der Waals surface area (Å²) in [6, 6.07) is 0.500. The van der Waals surface area contributed by atoms with Crippen LogP contribution >= 0.6 is 0 Å². The monoisotopic (exact) mass is 113 g/mol. The van der Waals surface area contributed by atoms with Gasteiger partial charge in [-0.1, -0.05) is 0 Å². The number of likely N-dealkylation sites (N-methyl/N-ethyl adjacent to an activating group) is 1. The minimum Gasteiger partial charge on any atom is -0.516 e. The van der Waals surface area contributed by atoms with E-state index in [0.29, 0.717) is 6.04 Å². The quantitative estimate of drug-likeness (QED) is 0.507. The SMILES string of the molecule is CN1CC[C@@H]1C=CO. The molecule has 1 N–H and O–H groups in total. The zero-order valence-corrected chi connectivity index (χ0v) is 5.04. The van der Waals surface area contributed by atoms with Crippen molar-refractivity contribution in [2.45, 2.75) is 12.5 Å². The third-order valence-corrected chi connectivity index (χ3v) is 1.65. The average Bonchev–Trinajstić information content (AvgIpc) is 1.79. The van der Waals surface area contributed by atoms with Crippen molar-refractivity contribution in [3.8, 4) is 0 Å². The van der Waals surface area contributed by atoms with Gasteiger partial charge in [0.15, 0.2) is 0 Å². The van der Waals surface area contributed by atoms with Gasteiger partial charge in [0.05, 0.1) is 6.26 Å². The lowest BCUT2D eigenvalue weighted by molar-refractivity contribution is 0.164. The molecule has 0 saturated carbocycles. The average molecular weight is 113 g/mol. The molecule has 1 rings (SSSR count). The molecule has 1 heterocycles. The van der Waals surface area contributed by atoms with Crippen LogP contribution in [0.4, 0.5) is 0 Å². The largest absolute Gasteiger partial charge is 0.516 e. The van der Waals surface area contributed by atoms with E-state index >= 15 is 0 Å². The van der Waals surface area contributed by atoms with Crippen LogP contribution in [0, 0.1) is 0 Å². The Balaban J connectivity index is 2.27. The van der Waals surface area contributed by atoms with E-state index in [1.807, 2.05) is 13.1 Å². The Morgan fingerprint density at radius 3 is 2.62 bits per heavy atom. The molecule has 2 heteroatoms. The summed E-state index contributed by atoms with van der Waals surface area (Å²) in [5.74, 6) is 0. The van der Waals surface area contributed by atoms with Gasteiger partial charge >= 0.3 is 0 Å². The molecular weight excluding hydrogens is 102 g/mol. The van der Waals surface area contributed by atoms with E-state index in [4.69, 9.17) is 5.11 Å². The topological polar surface area (TPSA) is 23.5 Å². The molecule has 0 aromatic carbocycles. The molecule has 1 saturated heterocycles. The first-order valence-corrected chi connectivity index (χ1v) is 2.85. The van der Waals surface area contributed by atoms with Crippen molar-refractivity contribution in [1.29, 1.82) is 0 Å².